The van der Waals surface area contributed by atoms with Crippen LogP contribution in [0.4, 0.5) is 0 Å². The molecule has 0 bridgehead atoms. The Kier molecular flexibility index (Phi) is 6.53. The predicted octanol–water partition coefficient (Wildman–Crippen LogP) is 1.55. The Bertz CT molecular complexity index is 339. The fraction of sp³-hybridized carbons (Fsp3) is 0.846. The van der Waals surface area contributed by atoms with Crippen LogP contribution in [0.2, 0.25) is 0 Å². The molecule has 1 aliphatic rings. The Balaban J connectivity index is 2.61. The Morgan fingerprint density at radius 1 is 1.05 bits per heavy atom. The lowest BCUT2D eigenvalue weighted by molar-refractivity contribution is -0.141. The first-order valence-electron chi connectivity index (χ1n) is 6.57. The average Bonchev–Trinajstić information content (AvgIpc) is 2.43. The minimum atomic E-state index is -0.00479. The summed E-state index contributed by atoms with van der Waals surface area (Å²) < 4.78 is 0. The number of carbonyl (C=O) groups excluding carboxylic acids is 2. The number of hydrogen-bond acceptors (Lipinski definition) is 4. The van der Waals surface area contributed by atoms with Crippen LogP contribution in [-0.2, 0) is 9.59 Å². The zero-order valence-electron chi connectivity index (χ0n) is 12.4. The third-order valence-electron chi connectivity index (χ3n) is 3.62. The molecule has 6 heteroatoms. The van der Waals surface area contributed by atoms with Crippen LogP contribution in [0.5, 0.6) is 0 Å². The van der Waals surface area contributed by atoms with Crippen molar-refractivity contribution in [2.45, 2.75) is 37.3 Å². The molecule has 2 amide bonds. The number of hydrogen-bond donors (Lipinski definition) is 0. The number of carbonyl (C=O) groups is 2. The summed E-state index contributed by atoms with van der Waals surface area (Å²) in [6.07, 6.45) is 3.90. The fourth-order valence-electron chi connectivity index (χ4n) is 2.18. The van der Waals surface area contributed by atoms with E-state index < -0.39 is 0 Å². The normalized spacial score (nSPS) is 23.1. The van der Waals surface area contributed by atoms with Gasteiger partial charge in [0.25, 0.3) is 0 Å². The molecule has 0 aromatic heterocycles. The molecular formula is C13H24N2O2S2. The Labute approximate surface area is 124 Å². The summed E-state index contributed by atoms with van der Waals surface area (Å²) in [6, 6.07) is 0.105. The second-order valence-corrected chi connectivity index (χ2v) is 7.28. The van der Waals surface area contributed by atoms with E-state index in [4.69, 9.17) is 0 Å². The van der Waals surface area contributed by atoms with Crippen LogP contribution in [0.1, 0.15) is 20.8 Å². The Morgan fingerprint density at radius 2 is 1.58 bits per heavy atom. The van der Waals surface area contributed by atoms with Gasteiger partial charge in [-0.1, -0.05) is 0 Å². The molecule has 0 radical (unpaired) electrons. The molecule has 0 spiro atoms. The van der Waals surface area contributed by atoms with Gasteiger partial charge in [-0.3, -0.25) is 9.59 Å². The van der Waals surface area contributed by atoms with Crippen molar-refractivity contribution >= 4 is 35.3 Å². The third kappa shape index (κ3) is 4.05. The number of amides is 2. The van der Waals surface area contributed by atoms with Crippen LogP contribution in [0, 0.1) is 0 Å². The van der Waals surface area contributed by atoms with Gasteiger partial charge in [0.2, 0.25) is 11.8 Å². The van der Waals surface area contributed by atoms with E-state index in [-0.39, 0.29) is 28.4 Å². The van der Waals surface area contributed by atoms with E-state index in [0.29, 0.717) is 19.6 Å². The average molecular weight is 304 g/mol. The summed E-state index contributed by atoms with van der Waals surface area (Å²) in [5, 5.41) is -0.00519. The maximum atomic E-state index is 12.2. The number of piperazine rings is 1. The standard InChI is InChI=1S/C13H24N2O2S2/c1-9-8-14(12(16)10(2)18-4)6-7-15(9)13(17)11(3)19-5/h9-11H,6-8H2,1-5H3/t9-,10+,11-/m0/s1. The van der Waals surface area contributed by atoms with E-state index >= 15 is 0 Å². The van der Waals surface area contributed by atoms with E-state index in [1.807, 2.05) is 43.1 Å². The van der Waals surface area contributed by atoms with Crippen LogP contribution in [-0.4, -0.2) is 70.3 Å². The van der Waals surface area contributed by atoms with Crippen molar-refractivity contribution in [3.63, 3.8) is 0 Å². The molecule has 110 valence electrons. The summed E-state index contributed by atoms with van der Waals surface area (Å²) in [7, 11) is 0. The van der Waals surface area contributed by atoms with Crippen molar-refractivity contribution in [2.75, 3.05) is 32.1 Å². The van der Waals surface area contributed by atoms with Crippen LogP contribution in [0.25, 0.3) is 0 Å². The van der Waals surface area contributed by atoms with Crippen molar-refractivity contribution in [3.8, 4) is 0 Å². The number of rotatable bonds is 4. The van der Waals surface area contributed by atoms with Gasteiger partial charge in [-0.05, 0) is 33.3 Å². The number of thioether (sulfide) groups is 2. The van der Waals surface area contributed by atoms with Gasteiger partial charge >= 0.3 is 0 Å². The summed E-state index contributed by atoms with van der Waals surface area (Å²) in [6.45, 7) is 7.85. The van der Waals surface area contributed by atoms with Gasteiger partial charge in [0.05, 0.1) is 10.5 Å². The largest absolute Gasteiger partial charge is 0.338 e. The van der Waals surface area contributed by atoms with E-state index in [1.54, 1.807) is 23.5 Å². The van der Waals surface area contributed by atoms with Crippen molar-refractivity contribution in [2.24, 2.45) is 0 Å². The highest BCUT2D eigenvalue weighted by Crippen LogP contribution is 2.18. The zero-order valence-corrected chi connectivity index (χ0v) is 14.0. The second kappa shape index (κ2) is 7.43. The topological polar surface area (TPSA) is 40.6 Å². The molecule has 0 aromatic rings. The van der Waals surface area contributed by atoms with Crippen molar-refractivity contribution in [3.05, 3.63) is 0 Å². The lowest BCUT2D eigenvalue weighted by Crippen LogP contribution is -2.57. The van der Waals surface area contributed by atoms with E-state index in [0.717, 1.165) is 0 Å². The number of nitrogens with zero attached hydrogens (tertiary/aromatic N) is 2. The summed E-state index contributed by atoms with van der Waals surface area (Å²) in [4.78, 5) is 28.1. The molecule has 3 atom stereocenters. The first kappa shape index (κ1) is 16.7. The maximum Gasteiger partial charge on any atom is 0.235 e. The smallest absolute Gasteiger partial charge is 0.235 e. The highest BCUT2D eigenvalue weighted by molar-refractivity contribution is 8.00. The Hall–Kier alpha value is -0.360. The summed E-state index contributed by atoms with van der Waals surface area (Å²) >= 11 is 3.14. The predicted molar refractivity (Wildman–Crippen MR) is 83.7 cm³/mol. The highest BCUT2D eigenvalue weighted by Gasteiger charge is 2.32. The van der Waals surface area contributed by atoms with Gasteiger partial charge in [-0.25, -0.2) is 0 Å². The minimum absolute atomic E-state index is 0.000396. The van der Waals surface area contributed by atoms with Crippen LogP contribution >= 0.6 is 23.5 Å². The molecule has 0 unspecified atom stereocenters. The molecule has 19 heavy (non-hydrogen) atoms. The molecule has 4 nitrogen and oxygen atoms in total. The van der Waals surface area contributed by atoms with E-state index in [1.165, 1.54) is 0 Å². The summed E-state index contributed by atoms with van der Waals surface area (Å²) in [5.41, 5.74) is 0. The highest BCUT2D eigenvalue weighted by atomic mass is 32.2. The molecule has 1 saturated heterocycles. The molecule has 0 aromatic carbocycles. The monoisotopic (exact) mass is 304 g/mol. The van der Waals surface area contributed by atoms with Crippen molar-refractivity contribution < 1.29 is 9.59 Å². The third-order valence-corrected chi connectivity index (χ3v) is 5.44. The molecule has 0 N–H and O–H groups in total. The quantitative estimate of drug-likeness (QED) is 0.790. The van der Waals surface area contributed by atoms with Crippen LogP contribution < -0.4 is 0 Å². The van der Waals surface area contributed by atoms with Gasteiger partial charge < -0.3 is 9.80 Å². The second-order valence-electron chi connectivity index (χ2n) is 4.92. The fourth-order valence-corrected chi connectivity index (χ4v) is 2.87. The molecule has 1 aliphatic heterocycles. The lowest BCUT2D eigenvalue weighted by atomic mass is 10.1. The minimum Gasteiger partial charge on any atom is -0.338 e. The molecule has 1 fully saturated rings. The zero-order chi connectivity index (χ0) is 14.6. The Morgan fingerprint density at radius 3 is 2.05 bits per heavy atom. The molecule has 1 rings (SSSR count). The van der Waals surface area contributed by atoms with Gasteiger partial charge in [-0.2, -0.15) is 23.5 Å². The summed E-state index contributed by atoms with van der Waals surface area (Å²) in [5.74, 6) is 0.370. The van der Waals surface area contributed by atoms with Crippen LogP contribution in [0.3, 0.4) is 0 Å². The lowest BCUT2D eigenvalue weighted by Gasteiger charge is -2.41. The molecule has 0 saturated carbocycles. The first-order valence-corrected chi connectivity index (χ1v) is 9.14. The SMILES string of the molecule is CS[C@@H](C)C(=O)N1CCN(C(=O)[C@@H](C)SC)C[C@@H]1C. The van der Waals surface area contributed by atoms with Gasteiger partial charge in [0, 0.05) is 25.7 Å². The molecule has 0 aliphatic carbocycles. The van der Waals surface area contributed by atoms with Gasteiger partial charge in [0.15, 0.2) is 0 Å². The van der Waals surface area contributed by atoms with Crippen molar-refractivity contribution in [1.29, 1.82) is 0 Å². The van der Waals surface area contributed by atoms with Crippen LogP contribution in [0.15, 0.2) is 0 Å². The maximum absolute atomic E-state index is 12.2. The molecule has 1 heterocycles. The van der Waals surface area contributed by atoms with Crippen molar-refractivity contribution in [1.82, 2.24) is 9.80 Å². The molecular weight excluding hydrogens is 280 g/mol. The van der Waals surface area contributed by atoms with E-state index in [2.05, 4.69) is 0 Å². The van der Waals surface area contributed by atoms with Gasteiger partial charge in [0.1, 0.15) is 0 Å². The first-order chi connectivity index (χ1) is 8.92. The van der Waals surface area contributed by atoms with E-state index in [9.17, 15) is 9.59 Å². The van der Waals surface area contributed by atoms with Gasteiger partial charge in [-0.15, -0.1) is 0 Å².